The zero-order valence-electron chi connectivity index (χ0n) is 14.7. The molecule has 0 saturated carbocycles. The van der Waals surface area contributed by atoms with E-state index in [1.54, 1.807) is 6.07 Å². The first kappa shape index (κ1) is 21.3. The van der Waals surface area contributed by atoms with Crippen LogP contribution in [0.3, 0.4) is 0 Å². The molecule has 0 aliphatic heterocycles. The summed E-state index contributed by atoms with van der Waals surface area (Å²) in [6, 6.07) is 7.42. The van der Waals surface area contributed by atoms with E-state index in [0.717, 1.165) is 0 Å². The Morgan fingerprint density at radius 1 is 1.26 bits per heavy atom. The first-order chi connectivity index (χ1) is 12.4. The number of amides is 1. The SMILES string of the molecule is CC(C)(C)c1cc(NC(=O)OCC(Cl)(Cl)Cl)n(-c2ccc([N+](=O)[O-])cc2)n1. The number of nitro groups is 1. The van der Waals surface area contributed by atoms with Crippen molar-refractivity contribution in [1.82, 2.24) is 9.78 Å². The summed E-state index contributed by atoms with van der Waals surface area (Å²) in [4.78, 5) is 22.3. The number of nitrogens with zero attached hydrogens (tertiary/aromatic N) is 3. The van der Waals surface area contributed by atoms with Gasteiger partial charge in [-0.25, -0.2) is 9.48 Å². The molecule has 2 rings (SSSR count). The number of hydrogen-bond donors (Lipinski definition) is 1. The van der Waals surface area contributed by atoms with Crippen LogP contribution in [-0.2, 0) is 10.2 Å². The zero-order valence-corrected chi connectivity index (χ0v) is 17.0. The highest BCUT2D eigenvalue weighted by Gasteiger charge is 2.24. The van der Waals surface area contributed by atoms with Crippen LogP contribution in [0.4, 0.5) is 16.3 Å². The van der Waals surface area contributed by atoms with Gasteiger partial charge in [0.25, 0.3) is 5.69 Å². The maximum atomic E-state index is 12.0. The van der Waals surface area contributed by atoms with E-state index in [9.17, 15) is 14.9 Å². The lowest BCUT2D eigenvalue weighted by Crippen LogP contribution is -2.22. The molecule has 0 radical (unpaired) electrons. The van der Waals surface area contributed by atoms with Gasteiger partial charge in [-0.2, -0.15) is 5.10 Å². The molecule has 0 unspecified atom stereocenters. The van der Waals surface area contributed by atoms with E-state index >= 15 is 0 Å². The van der Waals surface area contributed by atoms with Gasteiger partial charge in [-0.15, -0.1) is 0 Å². The Balaban J connectivity index is 2.33. The summed E-state index contributed by atoms with van der Waals surface area (Å²) < 4.78 is 4.59. The van der Waals surface area contributed by atoms with Crippen LogP contribution in [0.15, 0.2) is 30.3 Å². The Bertz CT molecular complexity index is 839. The number of hydrogen-bond acceptors (Lipinski definition) is 5. The van der Waals surface area contributed by atoms with Crippen LogP contribution >= 0.6 is 34.8 Å². The molecule has 1 N–H and O–H groups in total. The first-order valence-electron chi connectivity index (χ1n) is 7.73. The predicted molar refractivity (Wildman–Crippen MR) is 104 cm³/mol. The number of nitrogens with one attached hydrogen (secondary N) is 1. The van der Waals surface area contributed by atoms with Crippen molar-refractivity contribution in [3.8, 4) is 5.69 Å². The molecule has 0 aliphatic carbocycles. The monoisotopic (exact) mass is 434 g/mol. The van der Waals surface area contributed by atoms with Gasteiger partial charge in [0, 0.05) is 23.6 Å². The second-order valence-electron chi connectivity index (χ2n) is 6.67. The molecule has 1 aromatic carbocycles. The lowest BCUT2D eigenvalue weighted by atomic mass is 9.92. The second kappa shape index (κ2) is 7.92. The summed E-state index contributed by atoms with van der Waals surface area (Å²) >= 11 is 16.7. The van der Waals surface area contributed by atoms with Crippen LogP contribution in [0.1, 0.15) is 26.5 Å². The van der Waals surface area contributed by atoms with Gasteiger partial charge in [-0.05, 0) is 12.1 Å². The predicted octanol–water partition coefficient (Wildman–Crippen LogP) is 5.00. The van der Waals surface area contributed by atoms with Crippen molar-refractivity contribution in [2.24, 2.45) is 0 Å². The highest BCUT2D eigenvalue weighted by molar-refractivity contribution is 6.67. The number of rotatable bonds is 4. The van der Waals surface area contributed by atoms with Gasteiger partial charge >= 0.3 is 6.09 Å². The largest absolute Gasteiger partial charge is 0.445 e. The number of non-ortho nitro benzene ring substituents is 1. The van der Waals surface area contributed by atoms with Crippen LogP contribution in [0.25, 0.3) is 5.69 Å². The highest BCUT2D eigenvalue weighted by Crippen LogP contribution is 2.28. The van der Waals surface area contributed by atoms with Crippen LogP contribution < -0.4 is 5.32 Å². The van der Waals surface area contributed by atoms with E-state index in [4.69, 9.17) is 39.5 Å². The fraction of sp³-hybridized carbons (Fsp3) is 0.375. The van der Waals surface area contributed by atoms with Crippen molar-refractivity contribution in [2.45, 2.75) is 30.0 Å². The average molecular weight is 436 g/mol. The molecule has 8 nitrogen and oxygen atoms in total. The zero-order chi connectivity index (χ0) is 20.4. The molecule has 0 bridgehead atoms. The molecule has 146 valence electrons. The Morgan fingerprint density at radius 2 is 1.85 bits per heavy atom. The number of anilines is 1. The van der Waals surface area contributed by atoms with Gasteiger partial charge in [0.15, 0.2) is 0 Å². The number of halogens is 3. The molecular formula is C16H17Cl3N4O4. The van der Waals surface area contributed by atoms with Gasteiger partial charge in [-0.1, -0.05) is 55.6 Å². The van der Waals surface area contributed by atoms with Crippen molar-refractivity contribution in [1.29, 1.82) is 0 Å². The van der Waals surface area contributed by atoms with Crippen molar-refractivity contribution in [3.63, 3.8) is 0 Å². The van der Waals surface area contributed by atoms with Crippen molar-refractivity contribution in [3.05, 3.63) is 46.1 Å². The third-order valence-corrected chi connectivity index (χ3v) is 3.71. The lowest BCUT2D eigenvalue weighted by Gasteiger charge is -2.14. The van der Waals surface area contributed by atoms with Crippen molar-refractivity contribution >= 4 is 52.4 Å². The van der Waals surface area contributed by atoms with Crippen LogP contribution in [0.5, 0.6) is 0 Å². The average Bonchev–Trinajstić information content (AvgIpc) is 2.96. The molecule has 1 aromatic heterocycles. The van der Waals surface area contributed by atoms with Gasteiger partial charge in [0.2, 0.25) is 3.79 Å². The minimum absolute atomic E-state index is 0.0569. The van der Waals surface area contributed by atoms with E-state index in [1.807, 2.05) is 20.8 Å². The summed E-state index contributed by atoms with van der Waals surface area (Å²) in [7, 11) is 0. The van der Waals surface area contributed by atoms with Crippen LogP contribution in [0, 0.1) is 10.1 Å². The topological polar surface area (TPSA) is 99.3 Å². The summed E-state index contributed by atoms with van der Waals surface area (Å²) in [6.45, 7) is 5.45. The first-order valence-corrected chi connectivity index (χ1v) is 8.86. The van der Waals surface area contributed by atoms with Gasteiger partial charge < -0.3 is 4.74 Å². The Morgan fingerprint density at radius 3 is 2.33 bits per heavy atom. The van der Waals surface area contributed by atoms with Gasteiger partial charge in [-0.3, -0.25) is 15.4 Å². The molecule has 0 aliphatic rings. The number of ether oxygens (including phenoxy) is 1. The summed E-state index contributed by atoms with van der Waals surface area (Å²) in [5.41, 5.74) is 0.855. The van der Waals surface area contributed by atoms with E-state index in [-0.39, 0.29) is 11.1 Å². The summed E-state index contributed by atoms with van der Waals surface area (Å²) in [5, 5.41) is 17.9. The van der Waals surface area contributed by atoms with Crippen molar-refractivity contribution in [2.75, 3.05) is 11.9 Å². The molecule has 11 heteroatoms. The minimum atomic E-state index is -1.73. The van der Waals surface area contributed by atoms with E-state index in [0.29, 0.717) is 17.2 Å². The molecule has 1 amide bonds. The third kappa shape index (κ3) is 5.98. The van der Waals surface area contributed by atoms with Crippen LogP contribution in [0.2, 0.25) is 0 Å². The lowest BCUT2D eigenvalue weighted by molar-refractivity contribution is -0.384. The van der Waals surface area contributed by atoms with Gasteiger partial charge in [0.1, 0.15) is 12.4 Å². The Hall–Kier alpha value is -2.03. The molecule has 27 heavy (non-hydrogen) atoms. The molecule has 0 spiro atoms. The summed E-state index contributed by atoms with van der Waals surface area (Å²) in [6.07, 6.45) is -0.829. The van der Waals surface area contributed by atoms with E-state index in [2.05, 4.69) is 10.4 Å². The third-order valence-electron chi connectivity index (χ3n) is 3.38. The molecule has 2 aromatic rings. The minimum Gasteiger partial charge on any atom is -0.445 e. The number of carbonyl (C=O) groups is 1. The fourth-order valence-corrected chi connectivity index (χ4v) is 2.20. The molecule has 1 heterocycles. The van der Waals surface area contributed by atoms with E-state index in [1.165, 1.54) is 28.9 Å². The quantitative estimate of drug-likeness (QED) is 0.414. The molecule has 0 atom stereocenters. The number of carbonyl (C=O) groups excluding carboxylic acids is 1. The van der Waals surface area contributed by atoms with Crippen molar-refractivity contribution < 1.29 is 14.5 Å². The standard InChI is InChI=1S/C16H17Cl3N4O4/c1-15(2,3)12-8-13(20-14(24)27-9-16(17,18)19)22(21-12)10-4-6-11(7-5-10)23(25)26/h4-8H,9H2,1-3H3,(H,20,24). The van der Waals surface area contributed by atoms with Gasteiger partial charge in [0.05, 0.1) is 16.3 Å². The normalized spacial score (nSPS) is 11.9. The smallest absolute Gasteiger partial charge is 0.412 e. The number of nitro benzene ring substituents is 1. The maximum Gasteiger partial charge on any atom is 0.412 e. The Labute approximate surface area is 170 Å². The maximum absolute atomic E-state index is 12.0. The van der Waals surface area contributed by atoms with Crippen LogP contribution in [-0.4, -0.2) is 31.2 Å². The van der Waals surface area contributed by atoms with E-state index < -0.39 is 21.4 Å². The second-order valence-corrected chi connectivity index (χ2v) is 9.18. The number of benzene rings is 1. The fourth-order valence-electron chi connectivity index (χ4n) is 2.04. The molecular weight excluding hydrogens is 419 g/mol. The number of alkyl halides is 3. The Kier molecular flexibility index (Phi) is 6.24. The summed E-state index contributed by atoms with van der Waals surface area (Å²) in [5.74, 6) is 0.308. The molecule has 0 saturated heterocycles. The highest BCUT2D eigenvalue weighted by atomic mass is 35.6. The molecule has 0 fully saturated rings. The number of aromatic nitrogens is 2.